The molecule has 1 aliphatic heterocycles. The van der Waals surface area contributed by atoms with Crippen molar-refractivity contribution >= 4 is 32.9 Å². The molecule has 0 radical (unpaired) electrons. The third-order valence-corrected chi connectivity index (χ3v) is 5.76. The lowest BCUT2D eigenvalue weighted by molar-refractivity contribution is -0.384. The number of nitro benzene ring substituents is 1. The predicted octanol–water partition coefficient (Wildman–Crippen LogP) is 2.96. The SMILES string of the molecule is O=C1c2cc(Cl)ccc2S(=O)(=O)[C@@H]1c1cccc([N+](=O)[O-])c1. The maximum atomic E-state index is 12.6. The minimum atomic E-state index is -3.94. The highest BCUT2D eigenvalue weighted by Crippen LogP contribution is 2.42. The fourth-order valence-electron chi connectivity index (χ4n) is 2.48. The van der Waals surface area contributed by atoms with Gasteiger partial charge in [0.05, 0.1) is 9.82 Å². The lowest BCUT2D eigenvalue weighted by Gasteiger charge is -2.08. The maximum absolute atomic E-state index is 12.6. The molecular formula is C14H8ClNO5S. The van der Waals surface area contributed by atoms with E-state index in [9.17, 15) is 23.3 Å². The Bertz CT molecular complexity index is 923. The minimum Gasteiger partial charge on any atom is -0.292 e. The third-order valence-electron chi connectivity index (χ3n) is 3.45. The first-order chi connectivity index (χ1) is 10.3. The molecule has 1 heterocycles. The summed E-state index contributed by atoms with van der Waals surface area (Å²) in [4.78, 5) is 22.5. The molecule has 0 aromatic heterocycles. The van der Waals surface area contributed by atoms with Crippen molar-refractivity contribution in [1.29, 1.82) is 0 Å². The highest BCUT2D eigenvalue weighted by atomic mass is 35.5. The molecule has 1 aliphatic rings. The van der Waals surface area contributed by atoms with E-state index in [4.69, 9.17) is 11.6 Å². The van der Waals surface area contributed by atoms with Crippen LogP contribution >= 0.6 is 11.6 Å². The molecule has 0 amide bonds. The summed E-state index contributed by atoms with van der Waals surface area (Å²) in [6, 6.07) is 9.05. The molecule has 3 rings (SSSR count). The number of carbonyl (C=O) groups excluding carboxylic acids is 1. The molecule has 0 aliphatic carbocycles. The fraction of sp³-hybridized carbons (Fsp3) is 0.0714. The first-order valence-electron chi connectivity index (χ1n) is 6.14. The number of hydrogen-bond donors (Lipinski definition) is 0. The number of benzene rings is 2. The number of sulfone groups is 1. The van der Waals surface area contributed by atoms with Gasteiger partial charge < -0.3 is 0 Å². The number of hydrogen-bond acceptors (Lipinski definition) is 5. The Labute approximate surface area is 130 Å². The van der Waals surface area contributed by atoms with Crippen LogP contribution in [0.4, 0.5) is 5.69 Å². The summed E-state index contributed by atoms with van der Waals surface area (Å²) in [5.74, 6) is -0.627. The van der Waals surface area contributed by atoms with Crippen LogP contribution in [0.3, 0.4) is 0 Å². The molecule has 22 heavy (non-hydrogen) atoms. The zero-order chi connectivity index (χ0) is 16.1. The lowest BCUT2D eigenvalue weighted by atomic mass is 10.0. The Morgan fingerprint density at radius 2 is 1.86 bits per heavy atom. The number of non-ortho nitro benzene ring substituents is 1. The van der Waals surface area contributed by atoms with E-state index in [1.807, 2.05) is 0 Å². The Hall–Kier alpha value is -2.25. The van der Waals surface area contributed by atoms with Crippen LogP contribution in [0, 0.1) is 10.1 Å². The summed E-state index contributed by atoms with van der Waals surface area (Å²) < 4.78 is 25.1. The van der Waals surface area contributed by atoms with Gasteiger partial charge in [0.1, 0.15) is 0 Å². The Morgan fingerprint density at radius 1 is 1.14 bits per heavy atom. The Morgan fingerprint density at radius 3 is 2.55 bits per heavy atom. The van der Waals surface area contributed by atoms with Crippen molar-refractivity contribution < 1.29 is 18.1 Å². The van der Waals surface area contributed by atoms with Crippen LogP contribution in [0.25, 0.3) is 0 Å². The van der Waals surface area contributed by atoms with Gasteiger partial charge in [0.15, 0.2) is 20.9 Å². The van der Waals surface area contributed by atoms with E-state index < -0.39 is 25.8 Å². The molecule has 112 valence electrons. The molecule has 0 bridgehead atoms. The van der Waals surface area contributed by atoms with Crippen molar-refractivity contribution in [3.05, 3.63) is 68.7 Å². The number of rotatable bonds is 2. The highest BCUT2D eigenvalue weighted by molar-refractivity contribution is 7.93. The summed E-state index contributed by atoms with van der Waals surface area (Å²) >= 11 is 5.81. The zero-order valence-electron chi connectivity index (χ0n) is 10.9. The zero-order valence-corrected chi connectivity index (χ0v) is 12.5. The van der Waals surface area contributed by atoms with Crippen molar-refractivity contribution in [3.63, 3.8) is 0 Å². The Balaban J connectivity index is 2.20. The number of Topliss-reactive ketones (excluding diaryl/α,β-unsaturated/α-hetero) is 1. The molecule has 8 heteroatoms. The molecule has 0 fully saturated rings. The van der Waals surface area contributed by atoms with Gasteiger partial charge in [-0.05, 0) is 23.8 Å². The van der Waals surface area contributed by atoms with Gasteiger partial charge in [0.2, 0.25) is 0 Å². The largest absolute Gasteiger partial charge is 0.292 e. The molecule has 0 saturated heterocycles. The molecular weight excluding hydrogens is 330 g/mol. The smallest absolute Gasteiger partial charge is 0.269 e. The van der Waals surface area contributed by atoms with Crippen LogP contribution in [0.15, 0.2) is 47.4 Å². The maximum Gasteiger partial charge on any atom is 0.269 e. The van der Waals surface area contributed by atoms with E-state index in [0.29, 0.717) is 0 Å². The average molecular weight is 338 g/mol. The monoisotopic (exact) mass is 337 g/mol. The van der Waals surface area contributed by atoms with Crippen LogP contribution in [-0.2, 0) is 9.84 Å². The molecule has 0 N–H and O–H groups in total. The number of halogens is 1. The third kappa shape index (κ3) is 2.10. The first-order valence-corrected chi connectivity index (χ1v) is 8.07. The number of fused-ring (bicyclic) bond motifs is 1. The Kier molecular flexibility index (Phi) is 3.26. The normalized spacial score (nSPS) is 19.0. The van der Waals surface area contributed by atoms with Crippen molar-refractivity contribution in [2.45, 2.75) is 10.1 Å². The summed E-state index contributed by atoms with van der Waals surface area (Å²) in [7, 11) is -3.94. The van der Waals surface area contributed by atoms with Crippen LogP contribution in [0.5, 0.6) is 0 Å². The van der Waals surface area contributed by atoms with Gasteiger partial charge in [-0.25, -0.2) is 8.42 Å². The number of ketones is 1. The fourth-order valence-corrected chi connectivity index (χ4v) is 4.55. The molecule has 1 atom stereocenters. The highest BCUT2D eigenvalue weighted by Gasteiger charge is 2.45. The van der Waals surface area contributed by atoms with Gasteiger partial charge in [0.25, 0.3) is 5.69 Å². The molecule has 2 aromatic rings. The van der Waals surface area contributed by atoms with Crippen molar-refractivity contribution in [1.82, 2.24) is 0 Å². The second kappa shape index (κ2) is 4.89. The van der Waals surface area contributed by atoms with Gasteiger partial charge in [-0.15, -0.1) is 0 Å². The molecule has 0 spiro atoms. The molecule has 0 saturated carbocycles. The average Bonchev–Trinajstić information content (AvgIpc) is 2.65. The topological polar surface area (TPSA) is 94.3 Å². The first kappa shape index (κ1) is 14.7. The van der Waals surface area contributed by atoms with Gasteiger partial charge in [-0.2, -0.15) is 0 Å². The van der Waals surface area contributed by atoms with Crippen LogP contribution in [0.2, 0.25) is 5.02 Å². The van der Waals surface area contributed by atoms with Crippen LogP contribution in [-0.4, -0.2) is 19.1 Å². The number of nitro groups is 1. The van der Waals surface area contributed by atoms with Crippen molar-refractivity contribution in [2.24, 2.45) is 0 Å². The van der Waals surface area contributed by atoms with Crippen molar-refractivity contribution in [3.8, 4) is 0 Å². The van der Waals surface area contributed by atoms with E-state index in [0.717, 1.165) is 6.07 Å². The van der Waals surface area contributed by atoms with Gasteiger partial charge in [0, 0.05) is 22.7 Å². The number of carbonyl (C=O) groups is 1. The minimum absolute atomic E-state index is 0.0176. The summed E-state index contributed by atoms with van der Waals surface area (Å²) in [5.41, 5.74) is -0.176. The summed E-state index contributed by atoms with van der Waals surface area (Å²) in [6.45, 7) is 0. The van der Waals surface area contributed by atoms with E-state index in [1.165, 1.54) is 36.4 Å². The second-order valence-electron chi connectivity index (χ2n) is 4.78. The molecule has 6 nitrogen and oxygen atoms in total. The van der Waals surface area contributed by atoms with Crippen molar-refractivity contribution in [2.75, 3.05) is 0 Å². The van der Waals surface area contributed by atoms with Gasteiger partial charge in [-0.3, -0.25) is 14.9 Å². The second-order valence-corrected chi connectivity index (χ2v) is 7.22. The summed E-state index contributed by atoms with van der Waals surface area (Å²) in [6.07, 6.45) is 0. The van der Waals surface area contributed by atoms with Gasteiger partial charge >= 0.3 is 0 Å². The van der Waals surface area contributed by atoms with E-state index in [-0.39, 0.29) is 26.7 Å². The quantitative estimate of drug-likeness (QED) is 0.620. The molecule has 2 aromatic carbocycles. The van der Waals surface area contributed by atoms with E-state index in [1.54, 1.807) is 0 Å². The van der Waals surface area contributed by atoms with Crippen LogP contribution in [0.1, 0.15) is 21.2 Å². The van der Waals surface area contributed by atoms with Crippen LogP contribution < -0.4 is 0 Å². The molecule has 0 unspecified atom stereocenters. The lowest BCUT2D eigenvalue weighted by Crippen LogP contribution is -2.13. The van der Waals surface area contributed by atoms with E-state index in [2.05, 4.69) is 0 Å². The summed E-state index contributed by atoms with van der Waals surface area (Å²) in [5, 5.41) is 9.61. The van der Waals surface area contributed by atoms with E-state index >= 15 is 0 Å². The number of nitrogens with zero attached hydrogens (tertiary/aromatic N) is 1. The predicted molar refractivity (Wildman–Crippen MR) is 78.8 cm³/mol. The standard InChI is InChI=1S/C14H8ClNO5S/c15-9-4-5-12-11(7-9)13(17)14(22(12,20)21)8-2-1-3-10(6-8)16(18)19/h1-7,14H/t14-/m1/s1. The van der Waals surface area contributed by atoms with Gasteiger partial charge in [-0.1, -0.05) is 23.7 Å².